The predicted molar refractivity (Wildman–Crippen MR) is 77.5 cm³/mol. The molecule has 1 saturated heterocycles. The topological polar surface area (TPSA) is 72.6 Å². The number of carbonyl (C=O) groups is 2. The van der Waals surface area contributed by atoms with Gasteiger partial charge < -0.3 is 10.5 Å². The van der Waals surface area contributed by atoms with Crippen molar-refractivity contribution >= 4 is 23.2 Å². The van der Waals surface area contributed by atoms with E-state index in [-0.39, 0.29) is 18.2 Å². The quantitative estimate of drug-likeness (QED) is 0.676. The van der Waals surface area contributed by atoms with Crippen LogP contribution in [0.15, 0.2) is 18.2 Å². The van der Waals surface area contributed by atoms with Gasteiger partial charge in [0.1, 0.15) is 5.75 Å². The molecule has 5 nitrogen and oxygen atoms in total. The van der Waals surface area contributed by atoms with E-state index in [0.717, 1.165) is 0 Å². The van der Waals surface area contributed by atoms with Gasteiger partial charge in [0, 0.05) is 6.42 Å². The summed E-state index contributed by atoms with van der Waals surface area (Å²) in [6.07, 6.45) is 1.59. The Morgan fingerprint density at radius 1 is 1.30 bits per heavy atom. The Bertz CT molecular complexity index is 550. The number of imide groups is 1. The monoisotopic (exact) mass is 276 g/mol. The van der Waals surface area contributed by atoms with Gasteiger partial charge in [-0.25, -0.2) is 4.90 Å². The van der Waals surface area contributed by atoms with Crippen molar-refractivity contribution in [2.75, 3.05) is 17.7 Å². The van der Waals surface area contributed by atoms with Crippen LogP contribution in [0, 0.1) is 5.41 Å². The number of methoxy groups -OCH3 is 1. The highest BCUT2D eigenvalue weighted by Gasteiger charge is 2.49. The fraction of sp³-hybridized carbons (Fsp3) is 0.467. The zero-order chi connectivity index (χ0) is 14.9. The minimum Gasteiger partial charge on any atom is -0.495 e. The Balaban J connectivity index is 2.41. The summed E-state index contributed by atoms with van der Waals surface area (Å²) in [5, 5.41) is 0. The summed E-state index contributed by atoms with van der Waals surface area (Å²) in [4.78, 5) is 26.1. The standard InChI is InChI=1S/C15H20N2O3/c1-4-15(5-2)9-13(18)17(14(15)19)10-6-7-12(20-3)11(16)8-10/h6-8H,4-5,9,16H2,1-3H3. The number of benzene rings is 1. The van der Waals surface area contributed by atoms with Crippen LogP contribution in [0.4, 0.5) is 11.4 Å². The molecule has 5 heteroatoms. The molecule has 1 aliphatic rings. The second-order valence-corrected chi connectivity index (χ2v) is 5.12. The third-order valence-electron chi connectivity index (χ3n) is 4.22. The first kappa shape index (κ1) is 14.4. The lowest BCUT2D eigenvalue weighted by Gasteiger charge is -2.23. The van der Waals surface area contributed by atoms with Gasteiger partial charge in [-0.1, -0.05) is 13.8 Å². The number of nitrogen functional groups attached to an aromatic ring is 1. The number of nitrogens with two attached hydrogens (primary N) is 1. The molecule has 108 valence electrons. The molecule has 2 amide bonds. The molecule has 1 aromatic rings. The third kappa shape index (κ3) is 2.03. The van der Waals surface area contributed by atoms with Gasteiger partial charge in [-0.05, 0) is 31.0 Å². The predicted octanol–water partition coefficient (Wildman–Crippen LogP) is 2.35. The van der Waals surface area contributed by atoms with E-state index in [4.69, 9.17) is 10.5 Å². The molecule has 0 unspecified atom stereocenters. The molecule has 1 fully saturated rings. The van der Waals surface area contributed by atoms with E-state index in [1.54, 1.807) is 18.2 Å². The lowest BCUT2D eigenvalue weighted by molar-refractivity contribution is -0.126. The van der Waals surface area contributed by atoms with Crippen LogP contribution in [0.1, 0.15) is 33.1 Å². The van der Waals surface area contributed by atoms with Crippen LogP contribution in [-0.2, 0) is 9.59 Å². The van der Waals surface area contributed by atoms with Crippen LogP contribution in [0.3, 0.4) is 0 Å². The molecule has 1 aliphatic heterocycles. The maximum Gasteiger partial charge on any atom is 0.240 e. The maximum atomic E-state index is 12.6. The van der Waals surface area contributed by atoms with Crippen LogP contribution in [-0.4, -0.2) is 18.9 Å². The highest BCUT2D eigenvalue weighted by atomic mass is 16.5. The van der Waals surface area contributed by atoms with Crippen molar-refractivity contribution in [3.05, 3.63) is 18.2 Å². The number of ether oxygens (including phenoxy) is 1. The van der Waals surface area contributed by atoms with Gasteiger partial charge in [-0.3, -0.25) is 9.59 Å². The Morgan fingerprint density at radius 2 is 1.95 bits per heavy atom. The Morgan fingerprint density at radius 3 is 2.40 bits per heavy atom. The molecular weight excluding hydrogens is 256 g/mol. The summed E-state index contributed by atoms with van der Waals surface area (Å²) in [6, 6.07) is 4.96. The van der Waals surface area contributed by atoms with Crippen LogP contribution in [0.25, 0.3) is 0 Å². The maximum absolute atomic E-state index is 12.6. The average molecular weight is 276 g/mol. The van der Waals surface area contributed by atoms with Gasteiger partial charge in [-0.2, -0.15) is 0 Å². The number of hydrogen-bond donors (Lipinski definition) is 1. The zero-order valence-electron chi connectivity index (χ0n) is 12.1. The van der Waals surface area contributed by atoms with E-state index < -0.39 is 5.41 Å². The molecular formula is C15H20N2O3. The van der Waals surface area contributed by atoms with Crippen LogP contribution >= 0.6 is 0 Å². The van der Waals surface area contributed by atoms with Crippen molar-refractivity contribution in [2.24, 2.45) is 5.41 Å². The smallest absolute Gasteiger partial charge is 0.240 e. The first-order valence-corrected chi connectivity index (χ1v) is 6.80. The highest BCUT2D eigenvalue weighted by molar-refractivity contribution is 6.22. The van der Waals surface area contributed by atoms with E-state index in [2.05, 4.69) is 0 Å². The summed E-state index contributed by atoms with van der Waals surface area (Å²) in [7, 11) is 1.52. The SMILES string of the molecule is CCC1(CC)CC(=O)N(c2ccc(OC)c(N)c2)C1=O. The zero-order valence-corrected chi connectivity index (χ0v) is 12.1. The number of rotatable bonds is 4. The van der Waals surface area contributed by atoms with Crippen molar-refractivity contribution in [1.29, 1.82) is 0 Å². The summed E-state index contributed by atoms with van der Waals surface area (Å²) in [6.45, 7) is 3.89. The normalized spacial score (nSPS) is 17.6. The highest BCUT2D eigenvalue weighted by Crippen LogP contribution is 2.42. The second kappa shape index (κ2) is 5.15. The molecule has 2 rings (SSSR count). The number of anilines is 2. The molecule has 1 heterocycles. The molecule has 0 bridgehead atoms. The molecule has 0 spiro atoms. The largest absolute Gasteiger partial charge is 0.495 e. The molecule has 0 radical (unpaired) electrons. The fourth-order valence-electron chi connectivity index (χ4n) is 2.72. The Kier molecular flexibility index (Phi) is 3.70. The van der Waals surface area contributed by atoms with E-state index >= 15 is 0 Å². The van der Waals surface area contributed by atoms with E-state index in [9.17, 15) is 9.59 Å². The van der Waals surface area contributed by atoms with E-state index in [0.29, 0.717) is 30.0 Å². The Labute approximate surface area is 118 Å². The molecule has 0 saturated carbocycles. The van der Waals surface area contributed by atoms with Gasteiger partial charge in [0.2, 0.25) is 11.8 Å². The summed E-state index contributed by atoms with van der Waals surface area (Å²) in [5.74, 6) is 0.241. The number of carbonyl (C=O) groups excluding carboxylic acids is 2. The molecule has 1 aromatic carbocycles. The number of hydrogen-bond acceptors (Lipinski definition) is 4. The molecule has 2 N–H and O–H groups in total. The van der Waals surface area contributed by atoms with E-state index in [1.807, 2.05) is 13.8 Å². The van der Waals surface area contributed by atoms with Gasteiger partial charge in [-0.15, -0.1) is 0 Å². The molecule has 20 heavy (non-hydrogen) atoms. The first-order chi connectivity index (χ1) is 9.49. The van der Waals surface area contributed by atoms with Crippen LogP contribution in [0.5, 0.6) is 5.75 Å². The molecule has 0 atom stereocenters. The van der Waals surface area contributed by atoms with Gasteiger partial charge in [0.05, 0.1) is 23.9 Å². The molecule has 0 aromatic heterocycles. The molecule has 0 aliphatic carbocycles. The van der Waals surface area contributed by atoms with Crippen LogP contribution in [0.2, 0.25) is 0 Å². The minimum atomic E-state index is -0.564. The fourth-order valence-corrected chi connectivity index (χ4v) is 2.72. The van der Waals surface area contributed by atoms with Crippen molar-refractivity contribution in [3.63, 3.8) is 0 Å². The second-order valence-electron chi connectivity index (χ2n) is 5.12. The summed E-state index contributed by atoms with van der Waals surface area (Å²) in [5.41, 5.74) is 6.21. The van der Waals surface area contributed by atoms with Gasteiger partial charge in [0.25, 0.3) is 0 Å². The summed E-state index contributed by atoms with van der Waals surface area (Å²) < 4.78 is 5.09. The lowest BCUT2D eigenvalue weighted by Crippen LogP contribution is -2.35. The van der Waals surface area contributed by atoms with Crippen molar-refractivity contribution in [1.82, 2.24) is 0 Å². The first-order valence-electron chi connectivity index (χ1n) is 6.80. The lowest BCUT2D eigenvalue weighted by atomic mass is 9.81. The Hall–Kier alpha value is -2.04. The van der Waals surface area contributed by atoms with Crippen molar-refractivity contribution < 1.29 is 14.3 Å². The van der Waals surface area contributed by atoms with E-state index in [1.165, 1.54) is 12.0 Å². The van der Waals surface area contributed by atoms with Gasteiger partial charge in [0.15, 0.2) is 0 Å². The average Bonchev–Trinajstić information content (AvgIpc) is 2.70. The van der Waals surface area contributed by atoms with Crippen molar-refractivity contribution in [2.45, 2.75) is 33.1 Å². The van der Waals surface area contributed by atoms with Crippen molar-refractivity contribution in [3.8, 4) is 5.75 Å². The van der Waals surface area contributed by atoms with Crippen LogP contribution < -0.4 is 15.4 Å². The third-order valence-corrected chi connectivity index (χ3v) is 4.22. The van der Waals surface area contributed by atoms with Gasteiger partial charge >= 0.3 is 0 Å². The number of nitrogens with zero attached hydrogens (tertiary/aromatic N) is 1. The number of amides is 2. The summed E-state index contributed by atoms with van der Waals surface area (Å²) >= 11 is 0. The minimum absolute atomic E-state index is 0.128.